The molecule has 7 nitrogen and oxygen atoms in total. The van der Waals surface area contributed by atoms with Gasteiger partial charge in [0.15, 0.2) is 0 Å². The number of anilines is 1. The molecule has 0 heterocycles. The lowest BCUT2D eigenvalue weighted by atomic mass is 10.1. The van der Waals surface area contributed by atoms with Crippen molar-refractivity contribution in [3.8, 4) is 0 Å². The maximum Gasteiger partial charge on any atom is 0.244 e. The van der Waals surface area contributed by atoms with Gasteiger partial charge in [0.2, 0.25) is 21.8 Å². The van der Waals surface area contributed by atoms with Gasteiger partial charge in [-0.05, 0) is 62.4 Å². The minimum absolute atomic E-state index is 0.0376. The van der Waals surface area contributed by atoms with Crippen LogP contribution in [0.4, 0.5) is 10.1 Å². The zero-order valence-electron chi connectivity index (χ0n) is 21.3. The molecule has 9 heteroatoms. The summed E-state index contributed by atoms with van der Waals surface area (Å²) in [5, 5.41) is 2.92. The second-order valence-corrected chi connectivity index (χ2v) is 10.8. The molecule has 192 valence electrons. The summed E-state index contributed by atoms with van der Waals surface area (Å²) in [6.07, 6.45) is 2.11. The first kappa shape index (κ1) is 28.3. The number of nitrogens with zero attached hydrogens (tertiary/aromatic N) is 2. The van der Waals surface area contributed by atoms with Crippen molar-refractivity contribution in [1.29, 1.82) is 0 Å². The second kappa shape index (κ2) is 12.2. The number of halogens is 1. The fourth-order valence-corrected chi connectivity index (χ4v) is 4.89. The van der Waals surface area contributed by atoms with E-state index in [2.05, 4.69) is 5.32 Å². The number of hydrogen-bond donors (Lipinski definition) is 1. The quantitative estimate of drug-likeness (QED) is 0.501. The van der Waals surface area contributed by atoms with Gasteiger partial charge in [-0.25, -0.2) is 12.8 Å². The van der Waals surface area contributed by atoms with Crippen LogP contribution in [-0.2, 0) is 26.2 Å². The molecule has 0 aromatic heterocycles. The number of sulfonamides is 1. The van der Waals surface area contributed by atoms with E-state index in [9.17, 15) is 22.4 Å². The molecule has 0 radical (unpaired) electrons. The van der Waals surface area contributed by atoms with Crippen LogP contribution >= 0.6 is 0 Å². The molecule has 0 aliphatic carbocycles. The van der Waals surface area contributed by atoms with E-state index in [1.165, 1.54) is 17.0 Å². The largest absolute Gasteiger partial charge is 0.352 e. The molecular formula is C26H36FN3O4S. The zero-order chi connectivity index (χ0) is 26.3. The van der Waals surface area contributed by atoms with Gasteiger partial charge in [-0.1, -0.05) is 44.2 Å². The zero-order valence-corrected chi connectivity index (χ0v) is 22.2. The van der Waals surface area contributed by atoms with Crippen molar-refractivity contribution in [2.45, 2.75) is 66.1 Å². The molecule has 0 saturated carbocycles. The molecule has 2 atom stereocenters. The van der Waals surface area contributed by atoms with Crippen LogP contribution in [0.5, 0.6) is 0 Å². The number of para-hydroxylation sites is 1. The molecule has 0 aliphatic heterocycles. The van der Waals surface area contributed by atoms with Gasteiger partial charge >= 0.3 is 0 Å². The predicted molar refractivity (Wildman–Crippen MR) is 137 cm³/mol. The predicted octanol–water partition coefficient (Wildman–Crippen LogP) is 3.93. The van der Waals surface area contributed by atoms with Gasteiger partial charge < -0.3 is 10.2 Å². The van der Waals surface area contributed by atoms with Gasteiger partial charge in [0.05, 0.1) is 11.9 Å². The van der Waals surface area contributed by atoms with E-state index >= 15 is 0 Å². The van der Waals surface area contributed by atoms with Crippen molar-refractivity contribution in [2.24, 2.45) is 0 Å². The minimum atomic E-state index is -3.81. The van der Waals surface area contributed by atoms with Crippen LogP contribution in [0.25, 0.3) is 0 Å². The normalized spacial score (nSPS) is 13.1. The Hall–Kier alpha value is -2.94. The molecule has 0 saturated heterocycles. The van der Waals surface area contributed by atoms with Crippen molar-refractivity contribution in [3.63, 3.8) is 0 Å². The number of rotatable bonds is 11. The average Bonchev–Trinajstić information content (AvgIpc) is 2.78. The van der Waals surface area contributed by atoms with Crippen LogP contribution in [0.3, 0.4) is 0 Å². The van der Waals surface area contributed by atoms with Gasteiger partial charge in [-0.2, -0.15) is 0 Å². The Morgan fingerprint density at radius 3 is 2.06 bits per heavy atom. The maximum atomic E-state index is 13.7. The van der Waals surface area contributed by atoms with E-state index in [0.717, 1.165) is 28.1 Å². The molecule has 2 rings (SSSR count). The molecule has 1 N–H and O–H groups in total. The molecule has 0 spiro atoms. The van der Waals surface area contributed by atoms with E-state index in [1.54, 1.807) is 45.0 Å². The fourth-order valence-electron chi connectivity index (χ4n) is 3.92. The third-order valence-electron chi connectivity index (χ3n) is 6.02. The molecule has 0 fully saturated rings. The van der Waals surface area contributed by atoms with Crippen LogP contribution in [0, 0.1) is 19.7 Å². The number of carbonyl (C=O) groups excluding carboxylic acids is 2. The van der Waals surface area contributed by atoms with Crippen LogP contribution < -0.4 is 9.62 Å². The third kappa shape index (κ3) is 7.52. The molecule has 0 unspecified atom stereocenters. The van der Waals surface area contributed by atoms with Crippen molar-refractivity contribution >= 4 is 27.5 Å². The fraction of sp³-hybridized carbons (Fsp3) is 0.462. The van der Waals surface area contributed by atoms with E-state index in [0.29, 0.717) is 17.7 Å². The van der Waals surface area contributed by atoms with Gasteiger partial charge in [0.25, 0.3) is 0 Å². The Labute approximate surface area is 208 Å². The van der Waals surface area contributed by atoms with E-state index in [4.69, 9.17) is 0 Å². The Kier molecular flexibility index (Phi) is 9.82. The Morgan fingerprint density at radius 2 is 1.57 bits per heavy atom. The number of nitrogens with one attached hydrogen (secondary N) is 1. The lowest BCUT2D eigenvalue weighted by molar-refractivity contribution is -0.140. The van der Waals surface area contributed by atoms with E-state index in [-0.39, 0.29) is 18.5 Å². The maximum absolute atomic E-state index is 13.7. The topological polar surface area (TPSA) is 86.8 Å². The van der Waals surface area contributed by atoms with E-state index in [1.807, 2.05) is 19.9 Å². The summed E-state index contributed by atoms with van der Waals surface area (Å²) >= 11 is 0. The standard InChI is InChI=1S/C26H36FN3O4S/c1-7-20(5)28-26(32)23(8-2)29(16-21-12-14-22(27)15-13-21)24(31)17-30(35(6,33)34)25-18(3)10-9-11-19(25)4/h9-15,20,23H,7-8,16-17H2,1-6H3,(H,28,32)/t20-,23-/m1/s1. The van der Waals surface area contributed by atoms with Gasteiger partial charge in [-0.3, -0.25) is 13.9 Å². The highest BCUT2D eigenvalue weighted by Crippen LogP contribution is 2.27. The van der Waals surface area contributed by atoms with Gasteiger partial charge in [-0.15, -0.1) is 0 Å². The average molecular weight is 506 g/mol. The Balaban J connectivity index is 2.49. The molecule has 2 amide bonds. The molecule has 0 aliphatic rings. The molecule has 2 aromatic carbocycles. The third-order valence-corrected chi connectivity index (χ3v) is 7.13. The summed E-state index contributed by atoms with van der Waals surface area (Å²) in [7, 11) is -3.81. The number of carbonyl (C=O) groups is 2. The number of amides is 2. The SMILES string of the molecule is CC[C@@H](C)NC(=O)[C@@H](CC)N(Cc1ccc(F)cc1)C(=O)CN(c1c(C)cccc1C)S(C)(=O)=O. The highest BCUT2D eigenvalue weighted by Gasteiger charge is 2.32. The smallest absolute Gasteiger partial charge is 0.244 e. The highest BCUT2D eigenvalue weighted by atomic mass is 32.2. The van der Waals surface area contributed by atoms with Crippen molar-refractivity contribution in [2.75, 3.05) is 17.1 Å². The Bertz CT molecular complexity index is 1120. The Morgan fingerprint density at radius 1 is 1.00 bits per heavy atom. The molecule has 2 aromatic rings. The molecule has 35 heavy (non-hydrogen) atoms. The number of aryl methyl sites for hydroxylation is 2. The van der Waals surface area contributed by atoms with Crippen LogP contribution in [0.1, 0.15) is 50.3 Å². The molecular weight excluding hydrogens is 469 g/mol. The first-order valence-electron chi connectivity index (χ1n) is 11.8. The van der Waals surface area contributed by atoms with Crippen LogP contribution in [0.2, 0.25) is 0 Å². The summed E-state index contributed by atoms with van der Waals surface area (Å²) in [6, 6.07) is 10.2. The number of benzene rings is 2. The summed E-state index contributed by atoms with van der Waals surface area (Å²) in [6.45, 7) is 8.77. The summed E-state index contributed by atoms with van der Waals surface area (Å²) in [5.74, 6) is -1.24. The highest BCUT2D eigenvalue weighted by molar-refractivity contribution is 7.92. The van der Waals surface area contributed by atoms with Crippen molar-refractivity contribution in [1.82, 2.24) is 10.2 Å². The summed E-state index contributed by atoms with van der Waals surface area (Å²) < 4.78 is 40.1. The van der Waals surface area contributed by atoms with E-state index < -0.39 is 34.3 Å². The first-order chi connectivity index (χ1) is 16.4. The second-order valence-electron chi connectivity index (χ2n) is 8.90. The molecule has 0 bridgehead atoms. The van der Waals surface area contributed by atoms with Gasteiger partial charge in [0, 0.05) is 12.6 Å². The van der Waals surface area contributed by atoms with Crippen LogP contribution in [0.15, 0.2) is 42.5 Å². The first-order valence-corrected chi connectivity index (χ1v) is 13.6. The van der Waals surface area contributed by atoms with Crippen LogP contribution in [-0.4, -0.2) is 50.0 Å². The van der Waals surface area contributed by atoms with Crippen molar-refractivity contribution in [3.05, 3.63) is 65.0 Å². The lowest BCUT2D eigenvalue weighted by Crippen LogP contribution is -2.53. The summed E-state index contributed by atoms with van der Waals surface area (Å²) in [5.41, 5.74) is 2.51. The minimum Gasteiger partial charge on any atom is -0.352 e. The number of hydrogen-bond acceptors (Lipinski definition) is 4. The summed E-state index contributed by atoms with van der Waals surface area (Å²) in [4.78, 5) is 28.2. The van der Waals surface area contributed by atoms with Gasteiger partial charge in [0.1, 0.15) is 18.4 Å². The lowest BCUT2D eigenvalue weighted by Gasteiger charge is -2.34. The van der Waals surface area contributed by atoms with Crippen molar-refractivity contribution < 1.29 is 22.4 Å². The monoisotopic (exact) mass is 505 g/mol.